The van der Waals surface area contributed by atoms with E-state index in [0.29, 0.717) is 24.3 Å². The first-order chi connectivity index (χ1) is 11.6. The molecule has 6 nitrogen and oxygen atoms in total. The van der Waals surface area contributed by atoms with Crippen molar-refractivity contribution in [2.24, 2.45) is 0 Å². The van der Waals surface area contributed by atoms with Crippen molar-refractivity contribution in [2.45, 2.75) is 51.7 Å². The maximum Gasteiger partial charge on any atom is 0.320 e. The molecule has 0 N–H and O–H groups in total. The molecular weight excluding hydrogens is 304 g/mol. The number of piperidine rings is 1. The molecule has 0 radical (unpaired) electrons. The zero-order valence-electron chi connectivity index (χ0n) is 14.7. The Morgan fingerprint density at radius 2 is 1.96 bits per heavy atom. The van der Waals surface area contributed by atoms with E-state index in [4.69, 9.17) is 0 Å². The van der Waals surface area contributed by atoms with Crippen LogP contribution in [0.4, 0.5) is 4.79 Å². The van der Waals surface area contributed by atoms with Crippen LogP contribution in [0.1, 0.15) is 38.8 Å². The second kappa shape index (κ2) is 7.38. The normalized spacial score (nSPS) is 20.9. The molecule has 2 amide bonds. The number of pyridine rings is 1. The third-order valence-corrected chi connectivity index (χ3v) is 5.27. The molecule has 0 unspecified atom stereocenters. The topological polar surface area (TPSA) is 53.7 Å². The van der Waals surface area contributed by atoms with Crippen LogP contribution in [0.15, 0.2) is 24.4 Å². The second-order valence-corrected chi connectivity index (χ2v) is 7.13. The van der Waals surface area contributed by atoms with Gasteiger partial charge >= 0.3 is 6.03 Å². The fraction of sp³-hybridized carbons (Fsp3) is 0.667. The minimum atomic E-state index is 0.0908. The molecule has 2 saturated heterocycles. The fourth-order valence-electron chi connectivity index (χ4n) is 3.79. The van der Waals surface area contributed by atoms with Gasteiger partial charge in [-0.3, -0.25) is 0 Å². The van der Waals surface area contributed by atoms with Crippen molar-refractivity contribution in [3.8, 4) is 0 Å². The molecule has 1 aromatic rings. The Morgan fingerprint density at radius 1 is 1.21 bits per heavy atom. The van der Waals surface area contributed by atoms with Crippen LogP contribution < -0.4 is 4.73 Å². The molecule has 0 aliphatic carbocycles. The molecule has 0 bridgehead atoms. The molecule has 24 heavy (non-hydrogen) atoms. The highest BCUT2D eigenvalue weighted by Gasteiger charge is 2.34. The highest BCUT2D eigenvalue weighted by Crippen LogP contribution is 2.22. The SMILES string of the molecule is CC(C)N1CCC(N2CCCN(Cc3cccc[n+]3[O-])C2=O)CC1. The van der Waals surface area contributed by atoms with Gasteiger partial charge < -0.3 is 19.9 Å². The van der Waals surface area contributed by atoms with Gasteiger partial charge in [0, 0.05) is 50.4 Å². The molecule has 2 aliphatic heterocycles. The van der Waals surface area contributed by atoms with E-state index in [1.54, 1.807) is 12.1 Å². The molecule has 2 aliphatic rings. The van der Waals surface area contributed by atoms with Crippen LogP contribution >= 0.6 is 0 Å². The van der Waals surface area contributed by atoms with Gasteiger partial charge in [-0.15, -0.1) is 0 Å². The van der Waals surface area contributed by atoms with Crippen LogP contribution in [0.25, 0.3) is 0 Å². The summed E-state index contributed by atoms with van der Waals surface area (Å²) < 4.78 is 0.855. The number of urea groups is 1. The van der Waals surface area contributed by atoms with E-state index in [2.05, 4.69) is 18.7 Å². The molecule has 0 atom stereocenters. The van der Waals surface area contributed by atoms with Crippen LogP contribution in [-0.2, 0) is 6.54 Å². The molecule has 3 rings (SSSR count). The van der Waals surface area contributed by atoms with Crippen LogP contribution in [0, 0.1) is 5.21 Å². The first-order valence-corrected chi connectivity index (χ1v) is 9.03. The van der Waals surface area contributed by atoms with E-state index < -0.39 is 0 Å². The summed E-state index contributed by atoms with van der Waals surface area (Å²) in [6.45, 7) is 8.54. The third kappa shape index (κ3) is 3.64. The summed E-state index contributed by atoms with van der Waals surface area (Å²) in [4.78, 5) is 19.2. The highest BCUT2D eigenvalue weighted by atomic mass is 16.5. The molecule has 0 aromatic carbocycles. The lowest BCUT2D eigenvalue weighted by molar-refractivity contribution is -0.615. The highest BCUT2D eigenvalue weighted by molar-refractivity contribution is 5.75. The van der Waals surface area contributed by atoms with E-state index in [-0.39, 0.29) is 6.03 Å². The van der Waals surface area contributed by atoms with E-state index in [0.717, 1.165) is 50.2 Å². The average molecular weight is 332 g/mol. The van der Waals surface area contributed by atoms with Crippen LogP contribution in [0.5, 0.6) is 0 Å². The van der Waals surface area contributed by atoms with Crippen molar-refractivity contribution in [2.75, 3.05) is 26.2 Å². The maximum atomic E-state index is 12.9. The van der Waals surface area contributed by atoms with E-state index >= 15 is 0 Å². The monoisotopic (exact) mass is 332 g/mol. The number of hydrogen-bond acceptors (Lipinski definition) is 3. The van der Waals surface area contributed by atoms with Gasteiger partial charge in [0.2, 0.25) is 5.69 Å². The van der Waals surface area contributed by atoms with Gasteiger partial charge in [0.25, 0.3) is 0 Å². The first kappa shape index (κ1) is 17.0. The summed E-state index contributed by atoms with van der Waals surface area (Å²) in [5.41, 5.74) is 0.627. The second-order valence-electron chi connectivity index (χ2n) is 7.13. The predicted octanol–water partition coefficient (Wildman–Crippen LogP) is 1.82. The van der Waals surface area contributed by atoms with Crippen molar-refractivity contribution >= 4 is 6.03 Å². The van der Waals surface area contributed by atoms with Crippen molar-refractivity contribution in [3.63, 3.8) is 0 Å². The summed E-state index contributed by atoms with van der Waals surface area (Å²) in [7, 11) is 0. The molecule has 0 spiro atoms. The number of carbonyl (C=O) groups is 1. The Hall–Kier alpha value is -1.82. The largest absolute Gasteiger partial charge is 0.618 e. The van der Waals surface area contributed by atoms with Crippen molar-refractivity contribution in [1.29, 1.82) is 0 Å². The minimum Gasteiger partial charge on any atom is -0.618 e. The zero-order chi connectivity index (χ0) is 17.1. The average Bonchev–Trinajstić information content (AvgIpc) is 2.59. The Morgan fingerprint density at radius 3 is 2.62 bits per heavy atom. The number of likely N-dealkylation sites (tertiary alicyclic amines) is 1. The number of aromatic nitrogens is 1. The standard InChI is InChI=1S/C18H28N4O2/c1-15(2)19-12-7-16(8-13-19)21-10-5-9-20(18(21)23)14-17-6-3-4-11-22(17)24/h3-4,6,11,15-16H,5,7-10,12-14H2,1-2H3. The Labute approximate surface area is 144 Å². The number of rotatable bonds is 4. The number of nitrogens with zero attached hydrogens (tertiary/aromatic N) is 4. The summed E-state index contributed by atoms with van der Waals surface area (Å²) in [5.74, 6) is 0. The summed E-state index contributed by atoms with van der Waals surface area (Å²) in [6.07, 6.45) is 4.56. The van der Waals surface area contributed by atoms with Gasteiger partial charge in [0.15, 0.2) is 6.20 Å². The Bertz CT molecular complexity index is 570. The van der Waals surface area contributed by atoms with Gasteiger partial charge in [0.1, 0.15) is 6.54 Å². The van der Waals surface area contributed by atoms with Crippen molar-refractivity contribution < 1.29 is 9.52 Å². The van der Waals surface area contributed by atoms with Crippen molar-refractivity contribution in [3.05, 3.63) is 35.3 Å². The Balaban J connectivity index is 1.62. The van der Waals surface area contributed by atoms with Crippen LogP contribution in [0.2, 0.25) is 0 Å². The molecular formula is C18H28N4O2. The van der Waals surface area contributed by atoms with Crippen LogP contribution in [0.3, 0.4) is 0 Å². The lowest BCUT2D eigenvalue weighted by Crippen LogP contribution is -2.56. The third-order valence-electron chi connectivity index (χ3n) is 5.27. The minimum absolute atomic E-state index is 0.0908. The van der Waals surface area contributed by atoms with E-state index in [1.807, 2.05) is 15.9 Å². The molecule has 2 fully saturated rings. The fourth-order valence-corrected chi connectivity index (χ4v) is 3.79. The number of amides is 2. The van der Waals surface area contributed by atoms with Gasteiger partial charge in [0.05, 0.1) is 0 Å². The number of carbonyl (C=O) groups excluding carboxylic acids is 1. The zero-order valence-corrected chi connectivity index (χ0v) is 14.7. The van der Waals surface area contributed by atoms with Crippen molar-refractivity contribution in [1.82, 2.24) is 14.7 Å². The molecule has 6 heteroatoms. The maximum absolute atomic E-state index is 12.9. The number of hydrogen-bond donors (Lipinski definition) is 0. The van der Waals surface area contributed by atoms with Gasteiger partial charge in [-0.1, -0.05) is 0 Å². The lowest BCUT2D eigenvalue weighted by atomic mass is 10.0. The van der Waals surface area contributed by atoms with Gasteiger partial charge in [-0.2, -0.15) is 4.73 Å². The lowest BCUT2D eigenvalue weighted by Gasteiger charge is -2.44. The van der Waals surface area contributed by atoms with E-state index in [9.17, 15) is 10.0 Å². The van der Waals surface area contributed by atoms with Crippen LogP contribution in [-0.4, -0.2) is 59.0 Å². The summed E-state index contributed by atoms with van der Waals surface area (Å²) in [5, 5.41) is 11.8. The quantitative estimate of drug-likeness (QED) is 0.624. The molecule has 3 heterocycles. The smallest absolute Gasteiger partial charge is 0.320 e. The molecule has 0 saturated carbocycles. The molecule has 132 valence electrons. The van der Waals surface area contributed by atoms with Gasteiger partial charge in [-0.05, 0) is 39.2 Å². The summed E-state index contributed by atoms with van der Waals surface area (Å²) >= 11 is 0. The Kier molecular flexibility index (Phi) is 5.23. The van der Waals surface area contributed by atoms with Gasteiger partial charge in [-0.25, -0.2) is 4.79 Å². The first-order valence-electron chi connectivity index (χ1n) is 9.03. The predicted molar refractivity (Wildman–Crippen MR) is 92.3 cm³/mol. The molecule has 1 aromatic heterocycles. The van der Waals surface area contributed by atoms with E-state index in [1.165, 1.54) is 6.20 Å². The summed E-state index contributed by atoms with van der Waals surface area (Å²) in [6, 6.07) is 6.35.